The van der Waals surface area contributed by atoms with Crippen LogP contribution in [0, 0.1) is 0 Å². The van der Waals surface area contributed by atoms with Gasteiger partial charge < -0.3 is 13.6 Å². The van der Waals surface area contributed by atoms with E-state index in [1.807, 2.05) is 18.2 Å². The fourth-order valence-electron chi connectivity index (χ4n) is 6.94. The summed E-state index contributed by atoms with van der Waals surface area (Å²) in [5, 5.41) is 0. The Morgan fingerprint density at radius 2 is 0.453 bits per heavy atom. The summed E-state index contributed by atoms with van der Waals surface area (Å²) in [6.45, 7) is 6.85. The van der Waals surface area contributed by atoms with Crippen molar-refractivity contribution >= 4 is 7.82 Å². The van der Waals surface area contributed by atoms with Gasteiger partial charge in [0.15, 0.2) is 0 Å². The molecule has 314 valence electrons. The molecule has 0 saturated carbocycles. The topological polar surface area (TPSA) is 44.8 Å². The first-order chi connectivity index (χ1) is 26.2. The zero-order chi connectivity index (χ0) is 38.4. The van der Waals surface area contributed by atoms with E-state index in [1.165, 1.54) is 231 Å². The summed E-state index contributed by atoms with van der Waals surface area (Å²) in [7, 11) is -3.74. The van der Waals surface area contributed by atoms with Gasteiger partial charge in [-0.15, -0.1) is 0 Å². The van der Waals surface area contributed by atoms with Gasteiger partial charge in [0.05, 0.1) is 18.8 Å². The molecular weight excluding hydrogens is 671 g/mol. The number of phosphoric ester groups is 1. The van der Waals surface area contributed by atoms with Crippen molar-refractivity contribution in [3.63, 3.8) is 0 Å². The average molecular weight is 765 g/mol. The number of hydrogen-bond acceptors (Lipinski definition) is 4. The van der Waals surface area contributed by atoms with Crippen LogP contribution in [0.2, 0.25) is 0 Å². The molecular formula is C48H93O4P. The predicted octanol–water partition coefficient (Wildman–Crippen LogP) is 19.0. The van der Waals surface area contributed by atoms with Crippen molar-refractivity contribution in [2.75, 3.05) is 0 Å². The smallest absolute Gasteiger partial charge is 0.394 e. The van der Waals surface area contributed by atoms with Crippen LogP contribution < -0.4 is 0 Å². The molecule has 0 aromatic carbocycles. The van der Waals surface area contributed by atoms with Gasteiger partial charge in [0.1, 0.15) is 0 Å². The molecule has 0 aromatic heterocycles. The fourth-order valence-corrected chi connectivity index (χ4v) is 7.80. The molecule has 0 aliphatic heterocycles. The molecule has 0 aromatic rings. The molecule has 0 unspecified atom stereocenters. The lowest BCUT2D eigenvalue weighted by molar-refractivity contribution is 0.229. The van der Waals surface area contributed by atoms with E-state index in [4.69, 9.17) is 13.6 Å². The van der Waals surface area contributed by atoms with E-state index in [0.29, 0.717) is 0 Å². The van der Waals surface area contributed by atoms with Gasteiger partial charge in [-0.1, -0.05) is 233 Å². The molecule has 0 N–H and O–H groups in total. The lowest BCUT2D eigenvalue weighted by Crippen LogP contribution is -1.89. The number of phosphoric acid groups is 1. The highest BCUT2D eigenvalue weighted by atomic mass is 31.2. The van der Waals surface area contributed by atoms with E-state index >= 15 is 0 Å². The van der Waals surface area contributed by atoms with Crippen molar-refractivity contribution in [2.24, 2.45) is 0 Å². The Balaban J connectivity index is 4.29. The highest BCUT2D eigenvalue weighted by molar-refractivity contribution is 7.48. The van der Waals surface area contributed by atoms with E-state index in [0.717, 1.165) is 38.5 Å². The van der Waals surface area contributed by atoms with E-state index in [2.05, 4.69) is 20.8 Å². The van der Waals surface area contributed by atoms with E-state index < -0.39 is 7.82 Å². The zero-order valence-corrected chi connectivity index (χ0v) is 37.0. The molecule has 4 nitrogen and oxygen atoms in total. The molecule has 0 bridgehead atoms. The molecule has 53 heavy (non-hydrogen) atoms. The molecule has 0 radical (unpaired) electrons. The monoisotopic (exact) mass is 765 g/mol. The van der Waals surface area contributed by atoms with Gasteiger partial charge in [0, 0.05) is 0 Å². The van der Waals surface area contributed by atoms with Crippen LogP contribution >= 0.6 is 7.82 Å². The van der Waals surface area contributed by atoms with Crippen LogP contribution in [0.4, 0.5) is 0 Å². The number of allylic oxidation sites excluding steroid dienone is 3. The molecule has 5 heteroatoms. The van der Waals surface area contributed by atoms with Gasteiger partial charge in [-0.3, -0.25) is 0 Å². The largest absolute Gasteiger partial charge is 0.645 e. The maximum atomic E-state index is 13.4. The summed E-state index contributed by atoms with van der Waals surface area (Å²) in [4.78, 5) is 0. The molecule has 0 rings (SSSR count). The molecule has 0 fully saturated rings. The lowest BCUT2D eigenvalue weighted by atomic mass is 10.0. The Morgan fingerprint density at radius 1 is 0.283 bits per heavy atom. The minimum Gasteiger partial charge on any atom is -0.394 e. The Labute approximate surface area is 333 Å². The second kappa shape index (κ2) is 45.2. The third kappa shape index (κ3) is 43.4. The third-order valence-corrected chi connectivity index (χ3v) is 11.7. The van der Waals surface area contributed by atoms with E-state index in [9.17, 15) is 4.57 Å². The molecule has 0 atom stereocenters. The van der Waals surface area contributed by atoms with Crippen LogP contribution in [-0.4, -0.2) is 0 Å². The van der Waals surface area contributed by atoms with Crippen LogP contribution in [0.25, 0.3) is 0 Å². The molecule has 0 saturated heterocycles. The van der Waals surface area contributed by atoms with Crippen LogP contribution in [0.15, 0.2) is 37.0 Å². The Hall–Kier alpha value is -1.15. The maximum absolute atomic E-state index is 13.4. The molecule has 0 heterocycles. The van der Waals surface area contributed by atoms with Crippen molar-refractivity contribution < 1.29 is 18.1 Å². The molecule has 0 aliphatic rings. The first-order valence-electron chi connectivity index (χ1n) is 23.8. The molecule has 0 spiro atoms. The fraction of sp³-hybridized carbons (Fsp3) is 0.875. The standard InChI is InChI=1S/C48H93O4P/c1-4-7-10-13-16-19-22-25-28-31-34-37-40-43-46-50-53(49,51-47-44-41-38-35-32-29-26-23-20-17-14-11-8-5-2)52-48-45-42-39-36-33-30-27-24-21-18-15-12-9-6-3/h43-48H,4-42H2,1-3H3. The maximum Gasteiger partial charge on any atom is 0.645 e. The second-order valence-corrected chi connectivity index (χ2v) is 17.4. The van der Waals surface area contributed by atoms with Gasteiger partial charge in [-0.2, -0.15) is 4.57 Å². The Bertz CT molecular complexity index is 718. The van der Waals surface area contributed by atoms with Crippen molar-refractivity contribution in [3.05, 3.63) is 37.0 Å². The van der Waals surface area contributed by atoms with Gasteiger partial charge in [-0.25, -0.2) is 0 Å². The van der Waals surface area contributed by atoms with Crippen LogP contribution in [0.3, 0.4) is 0 Å². The molecule has 0 amide bonds. The minimum absolute atomic E-state index is 0.918. The minimum atomic E-state index is -3.74. The zero-order valence-electron chi connectivity index (χ0n) is 36.1. The van der Waals surface area contributed by atoms with Crippen molar-refractivity contribution in [1.82, 2.24) is 0 Å². The third-order valence-electron chi connectivity index (χ3n) is 10.5. The van der Waals surface area contributed by atoms with Crippen LogP contribution in [-0.2, 0) is 18.1 Å². The number of rotatable bonds is 45. The predicted molar refractivity (Wildman–Crippen MR) is 235 cm³/mol. The summed E-state index contributed by atoms with van der Waals surface area (Å²) in [5.41, 5.74) is 0. The summed E-state index contributed by atoms with van der Waals surface area (Å²) in [6.07, 6.45) is 61.5. The van der Waals surface area contributed by atoms with E-state index in [-0.39, 0.29) is 0 Å². The summed E-state index contributed by atoms with van der Waals surface area (Å²) in [6, 6.07) is 0. The molecule has 0 aliphatic carbocycles. The Morgan fingerprint density at radius 3 is 0.642 bits per heavy atom. The quantitative estimate of drug-likeness (QED) is 0.0352. The van der Waals surface area contributed by atoms with E-state index in [1.54, 1.807) is 0 Å². The van der Waals surface area contributed by atoms with Crippen LogP contribution in [0.5, 0.6) is 0 Å². The second-order valence-electron chi connectivity index (χ2n) is 15.9. The highest BCUT2D eigenvalue weighted by Crippen LogP contribution is 2.50. The number of unbranched alkanes of at least 4 members (excludes halogenated alkanes) is 36. The van der Waals surface area contributed by atoms with Gasteiger partial charge >= 0.3 is 7.82 Å². The SMILES string of the molecule is CCCCCCCCCCCCCCC=COP(=O)(OC=CCCCCCCCCCCCCCC)OC=CCCCCCCCCCCCCCC. The highest BCUT2D eigenvalue weighted by Gasteiger charge is 2.27. The summed E-state index contributed by atoms with van der Waals surface area (Å²) in [5.74, 6) is 0. The Kier molecular flexibility index (Phi) is 44.3. The van der Waals surface area contributed by atoms with Gasteiger partial charge in [0.25, 0.3) is 0 Å². The normalized spacial score (nSPS) is 13.1. The van der Waals surface area contributed by atoms with Crippen molar-refractivity contribution in [1.29, 1.82) is 0 Å². The van der Waals surface area contributed by atoms with Crippen LogP contribution in [0.1, 0.15) is 271 Å². The van der Waals surface area contributed by atoms with Gasteiger partial charge in [-0.05, 0) is 56.8 Å². The van der Waals surface area contributed by atoms with Crippen molar-refractivity contribution in [2.45, 2.75) is 271 Å². The summed E-state index contributed by atoms with van der Waals surface area (Å²) >= 11 is 0. The first kappa shape index (κ1) is 51.9. The van der Waals surface area contributed by atoms with Crippen molar-refractivity contribution in [3.8, 4) is 0 Å². The average Bonchev–Trinajstić information content (AvgIpc) is 3.16. The first-order valence-corrected chi connectivity index (χ1v) is 25.2. The van der Waals surface area contributed by atoms with Gasteiger partial charge in [0.2, 0.25) is 0 Å². The lowest BCUT2D eigenvalue weighted by Gasteiger charge is -2.13. The number of hydrogen-bond donors (Lipinski definition) is 0. The summed E-state index contributed by atoms with van der Waals surface area (Å²) < 4.78 is 30.2.